The van der Waals surface area contributed by atoms with Crippen LogP contribution in [0.4, 0.5) is 0 Å². The van der Waals surface area contributed by atoms with Crippen LogP contribution >= 0.6 is 0 Å². The molecule has 130 valence electrons. The summed E-state index contributed by atoms with van der Waals surface area (Å²) in [5.41, 5.74) is 3.84. The van der Waals surface area contributed by atoms with Crippen LogP contribution in [-0.2, 0) is 16.1 Å². The van der Waals surface area contributed by atoms with E-state index in [1.807, 2.05) is 43.3 Å². The normalized spacial score (nSPS) is 11.8. The van der Waals surface area contributed by atoms with Crippen molar-refractivity contribution in [3.05, 3.63) is 59.7 Å². The van der Waals surface area contributed by atoms with Crippen LogP contribution in [0.5, 0.6) is 0 Å². The second kappa shape index (κ2) is 9.00. The lowest BCUT2D eigenvalue weighted by atomic mass is 9.99. The monoisotopic (exact) mass is 336 g/mol. The van der Waals surface area contributed by atoms with Gasteiger partial charge in [-0.3, -0.25) is 9.69 Å². The Balaban J connectivity index is 2.09. The van der Waals surface area contributed by atoms with Gasteiger partial charge in [0.15, 0.2) is 0 Å². The predicted molar refractivity (Wildman–Crippen MR) is 98.7 cm³/mol. The molecule has 2 aromatic rings. The third-order valence-electron chi connectivity index (χ3n) is 4.30. The molecule has 2 rings (SSSR count). The molecule has 0 aliphatic heterocycles. The van der Waals surface area contributed by atoms with Gasteiger partial charge in [-0.05, 0) is 29.3 Å². The molecule has 0 amide bonds. The molecule has 0 saturated heterocycles. The molecule has 0 bridgehead atoms. The molecule has 0 N–H and O–H groups in total. The number of carbonyl (C=O) groups is 1. The number of benzene rings is 2. The van der Waals surface area contributed by atoms with Gasteiger partial charge in [0.25, 0.3) is 0 Å². The number of nitriles is 1. The summed E-state index contributed by atoms with van der Waals surface area (Å²) in [4.78, 5) is 13.8. The zero-order valence-corrected chi connectivity index (χ0v) is 15.0. The number of esters is 1. The number of hydrogen-bond donors (Lipinski definition) is 0. The first-order chi connectivity index (χ1) is 12.1. The Morgan fingerprint density at radius 2 is 1.88 bits per heavy atom. The van der Waals surface area contributed by atoms with E-state index in [0.717, 1.165) is 24.2 Å². The van der Waals surface area contributed by atoms with E-state index in [0.29, 0.717) is 12.1 Å². The van der Waals surface area contributed by atoms with E-state index < -0.39 is 0 Å². The predicted octanol–water partition coefficient (Wildman–Crippen LogP) is 3.86. The Morgan fingerprint density at radius 3 is 2.48 bits per heavy atom. The van der Waals surface area contributed by atoms with Crippen molar-refractivity contribution in [3.8, 4) is 17.2 Å². The quantitative estimate of drug-likeness (QED) is 0.721. The van der Waals surface area contributed by atoms with Crippen LogP contribution in [0.3, 0.4) is 0 Å². The van der Waals surface area contributed by atoms with E-state index in [2.05, 4.69) is 30.0 Å². The molecular weight excluding hydrogens is 312 g/mol. The number of methoxy groups -OCH3 is 1. The number of hydrogen-bond acceptors (Lipinski definition) is 4. The largest absolute Gasteiger partial charge is 0.469 e. The molecule has 0 fully saturated rings. The van der Waals surface area contributed by atoms with Crippen LogP contribution in [0.2, 0.25) is 0 Å². The molecular formula is C21H24N2O2. The van der Waals surface area contributed by atoms with Gasteiger partial charge in [0, 0.05) is 13.1 Å². The third-order valence-corrected chi connectivity index (χ3v) is 4.30. The first kappa shape index (κ1) is 18.7. The molecule has 0 spiro atoms. The molecule has 2 aromatic carbocycles. The average molecular weight is 336 g/mol. The van der Waals surface area contributed by atoms with Crippen molar-refractivity contribution in [2.75, 3.05) is 20.2 Å². The van der Waals surface area contributed by atoms with E-state index in [-0.39, 0.29) is 11.9 Å². The highest BCUT2D eigenvalue weighted by molar-refractivity contribution is 5.72. The molecule has 0 aliphatic rings. The maximum Gasteiger partial charge on any atom is 0.309 e. The number of nitrogens with zero attached hydrogens (tertiary/aromatic N) is 2. The molecule has 0 aromatic heterocycles. The van der Waals surface area contributed by atoms with Crippen LogP contribution < -0.4 is 0 Å². The van der Waals surface area contributed by atoms with Crippen molar-refractivity contribution in [1.29, 1.82) is 5.26 Å². The summed E-state index contributed by atoms with van der Waals surface area (Å²) in [5, 5.41) is 9.24. The molecule has 1 atom stereocenters. The Morgan fingerprint density at radius 1 is 1.20 bits per heavy atom. The van der Waals surface area contributed by atoms with Crippen molar-refractivity contribution in [1.82, 2.24) is 4.90 Å². The topological polar surface area (TPSA) is 53.3 Å². The van der Waals surface area contributed by atoms with Crippen molar-refractivity contribution in [3.63, 3.8) is 0 Å². The van der Waals surface area contributed by atoms with Crippen LogP contribution in [0.15, 0.2) is 48.5 Å². The fourth-order valence-electron chi connectivity index (χ4n) is 2.85. The highest BCUT2D eigenvalue weighted by Crippen LogP contribution is 2.23. The average Bonchev–Trinajstić information content (AvgIpc) is 2.67. The van der Waals surface area contributed by atoms with Crippen molar-refractivity contribution in [2.45, 2.75) is 20.4 Å². The summed E-state index contributed by atoms with van der Waals surface area (Å²) in [6.45, 7) is 6.28. The zero-order valence-electron chi connectivity index (χ0n) is 15.0. The van der Waals surface area contributed by atoms with Crippen LogP contribution in [0, 0.1) is 17.2 Å². The van der Waals surface area contributed by atoms with Crippen molar-refractivity contribution >= 4 is 5.97 Å². The summed E-state index contributed by atoms with van der Waals surface area (Å²) in [6, 6.07) is 18.1. The summed E-state index contributed by atoms with van der Waals surface area (Å²) in [7, 11) is 1.42. The molecule has 25 heavy (non-hydrogen) atoms. The Labute approximate surface area is 149 Å². The lowest BCUT2D eigenvalue weighted by molar-refractivity contribution is -0.145. The van der Waals surface area contributed by atoms with Crippen LogP contribution in [-0.4, -0.2) is 31.1 Å². The van der Waals surface area contributed by atoms with Crippen molar-refractivity contribution < 1.29 is 9.53 Å². The maximum absolute atomic E-state index is 11.6. The lowest BCUT2D eigenvalue weighted by Crippen LogP contribution is -2.31. The van der Waals surface area contributed by atoms with Crippen LogP contribution in [0.1, 0.15) is 25.0 Å². The fourth-order valence-corrected chi connectivity index (χ4v) is 2.85. The van der Waals surface area contributed by atoms with Gasteiger partial charge in [-0.15, -0.1) is 0 Å². The van der Waals surface area contributed by atoms with Crippen LogP contribution in [0.25, 0.3) is 11.1 Å². The molecule has 1 unspecified atom stereocenters. The summed E-state index contributed by atoms with van der Waals surface area (Å²) < 4.78 is 4.80. The maximum atomic E-state index is 11.6. The van der Waals surface area contributed by atoms with E-state index in [1.165, 1.54) is 12.7 Å². The van der Waals surface area contributed by atoms with Gasteiger partial charge in [-0.2, -0.15) is 5.26 Å². The zero-order chi connectivity index (χ0) is 18.2. The minimum Gasteiger partial charge on any atom is -0.469 e. The van der Waals surface area contributed by atoms with E-state index >= 15 is 0 Å². The summed E-state index contributed by atoms with van der Waals surface area (Å²) >= 11 is 0. The van der Waals surface area contributed by atoms with Gasteiger partial charge >= 0.3 is 5.97 Å². The standard InChI is InChI=1S/C21H24N2O2/c1-4-23(14-16(2)21(24)25-3)15-17-9-11-18(12-10-17)20-8-6-5-7-19(20)13-22/h5-12,16H,4,14-15H2,1-3H3. The van der Waals surface area contributed by atoms with E-state index in [9.17, 15) is 10.1 Å². The molecule has 4 heteroatoms. The van der Waals surface area contributed by atoms with Gasteiger partial charge in [-0.25, -0.2) is 0 Å². The molecule has 0 aliphatic carbocycles. The van der Waals surface area contributed by atoms with Gasteiger partial charge < -0.3 is 4.74 Å². The van der Waals surface area contributed by atoms with Crippen molar-refractivity contribution in [2.24, 2.45) is 5.92 Å². The van der Waals surface area contributed by atoms with Gasteiger partial charge in [0.1, 0.15) is 0 Å². The second-order valence-corrected chi connectivity index (χ2v) is 6.11. The Kier molecular flexibility index (Phi) is 6.73. The van der Waals surface area contributed by atoms with Gasteiger partial charge in [0.05, 0.1) is 24.7 Å². The first-order valence-electron chi connectivity index (χ1n) is 8.47. The number of ether oxygens (including phenoxy) is 1. The lowest BCUT2D eigenvalue weighted by Gasteiger charge is -2.23. The summed E-state index contributed by atoms with van der Waals surface area (Å²) in [5.74, 6) is -0.325. The number of carbonyl (C=O) groups excluding carboxylic acids is 1. The third kappa shape index (κ3) is 4.91. The van der Waals surface area contributed by atoms with E-state index in [4.69, 9.17) is 4.74 Å². The smallest absolute Gasteiger partial charge is 0.309 e. The Hall–Kier alpha value is -2.64. The highest BCUT2D eigenvalue weighted by Gasteiger charge is 2.17. The Bertz CT molecular complexity index is 747. The van der Waals surface area contributed by atoms with Gasteiger partial charge in [0.2, 0.25) is 0 Å². The minimum atomic E-state index is -0.179. The molecule has 0 saturated carbocycles. The molecule has 0 heterocycles. The first-order valence-corrected chi connectivity index (χ1v) is 8.47. The highest BCUT2D eigenvalue weighted by atomic mass is 16.5. The van der Waals surface area contributed by atoms with E-state index in [1.54, 1.807) is 0 Å². The molecule has 4 nitrogen and oxygen atoms in total. The van der Waals surface area contributed by atoms with Gasteiger partial charge in [-0.1, -0.05) is 56.3 Å². The molecule has 0 radical (unpaired) electrons. The fraction of sp³-hybridized carbons (Fsp3) is 0.333. The minimum absolute atomic E-state index is 0.147. The summed E-state index contributed by atoms with van der Waals surface area (Å²) in [6.07, 6.45) is 0. The SMILES string of the molecule is CCN(Cc1ccc(-c2ccccc2C#N)cc1)CC(C)C(=O)OC. The second-order valence-electron chi connectivity index (χ2n) is 6.11. The number of rotatable bonds is 7.